The van der Waals surface area contributed by atoms with E-state index in [-0.39, 0.29) is 0 Å². The summed E-state index contributed by atoms with van der Waals surface area (Å²) in [6, 6.07) is 6.08. The predicted octanol–water partition coefficient (Wildman–Crippen LogP) is 3.24. The molecule has 18 heavy (non-hydrogen) atoms. The van der Waals surface area contributed by atoms with Crippen LogP contribution in [0.3, 0.4) is 0 Å². The van der Waals surface area contributed by atoms with Crippen molar-refractivity contribution in [2.45, 2.75) is 33.9 Å². The quantitative estimate of drug-likeness (QED) is 0.899. The monoisotopic (exact) mass is 245 g/mol. The lowest BCUT2D eigenvalue weighted by Gasteiger charge is -2.12. The van der Waals surface area contributed by atoms with Gasteiger partial charge in [-0.3, -0.25) is 0 Å². The van der Waals surface area contributed by atoms with Crippen LogP contribution in [0.25, 0.3) is 0 Å². The predicted molar refractivity (Wildman–Crippen MR) is 71.6 cm³/mol. The van der Waals surface area contributed by atoms with Gasteiger partial charge in [0.2, 0.25) is 0 Å². The van der Waals surface area contributed by atoms with Crippen LogP contribution in [0.1, 0.15) is 28.0 Å². The van der Waals surface area contributed by atoms with E-state index < -0.39 is 0 Å². The zero-order valence-corrected chi connectivity index (χ0v) is 11.1. The van der Waals surface area contributed by atoms with Crippen LogP contribution < -0.4 is 10.5 Å². The van der Waals surface area contributed by atoms with Crippen LogP contribution in [-0.2, 0) is 13.2 Å². The minimum atomic E-state index is 0.420. The molecule has 0 unspecified atom stereocenters. The Bertz CT molecular complexity index is 543. The molecule has 3 heteroatoms. The number of ether oxygens (including phenoxy) is 1. The summed E-state index contributed by atoms with van der Waals surface area (Å²) in [7, 11) is 0. The average molecular weight is 245 g/mol. The second-order valence-electron chi connectivity index (χ2n) is 4.57. The van der Waals surface area contributed by atoms with E-state index in [1.54, 1.807) is 6.26 Å². The lowest BCUT2D eigenvalue weighted by molar-refractivity contribution is 0.266. The zero-order chi connectivity index (χ0) is 13.1. The highest BCUT2D eigenvalue weighted by atomic mass is 16.5. The van der Waals surface area contributed by atoms with Gasteiger partial charge in [0.05, 0.1) is 6.26 Å². The van der Waals surface area contributed by atoms with Gasteiger partial charge in [0, 0.05) is 12.1 Å². The summed E-state index contributed by atoms with van der Waals surface area (Å²) in [5.41, 5.74) is 10.2. The molecule has 1 aromatic carbocycles. The van der Waals surface area contributed by atoms with Crippen LogP contribution in [0, 0.1) is 20.8 Å². The van der Waals surface area contributed by atoms with Crippen LogP contribution in [0.15, 0.2) is 28.9 Å². The Labute approximate surface area is 108 Å². The molecular formula is C15H19NO2. The van der Waals surface area contributed by atoms with E-state index >= 15 is 0 Å². The Morgan fingerprint density at radius 2 is 2.00 bits per heavy atom. The van der Waals surface area contributed by atoms with E-state index in [1.165, 1.54) is 16.7 Å². The summed E-state index contributed by atoms with van der Waals surface area (Å²) in [4.78, 5) is 0. The molecule has 2 aromatic rings. The number of hydrogen-bond donors (Lipinski definition) is 1. The molecule has 0 saturated carbocycles. The lowest BCUT2D eigenvalue weighted by Crippen LogP contribution is -2.03. The molecule has 0 bridgehead atoms. The first-order valence-corrected chi connectivity index (χ1v) is 6.07. The van der Waals surface area contributed by atoms with E-state index in [1.807, 2.05) is 12.1 Å². The fourth-order valence-electron chi connectivity index (χ4n) is 1.97. The third-order valence-electron chi connectivity index (χ3n) is 3.18. The molecule has 1 heterocycles. The summed E-state index contributed by atoms with van der Waals surface area (Å²) in [6.07, 6.45) is 1.65. The Morgan fingerprint density at radius 3 is 2.72 bits per heavy atom. The van der Waals surface area contributed by atoms with Gasteiger partial charge in [0.1, 0.15) is 18.1 Å². The van der Waals surface area contributed by atoms with Crippen molar-refractivity contribution in [3.8, 4) is 5.75 Å². The molecular weight excluding hydrogens is 226 g/mol. The van der Waals surface area contributed by atoms with Crippen LogP contribution in [0.2, 0.25) is 0 Å². The number of benzene rings is 1. The van der Waals surface area contributed by atoms with E-state index in [9.17, 15) is 0 Å². The van der Waals surface area contributed by atoms with Gasteiger partial charge >= 0.3 is 0 Å². The molecule has 0 spiro atoms. The van der Waals surface area contributed by atoms with Crippen molar-refractivity contribution in [3.63, 3.8) is 0 Å². The molecule has 2 rings (SSSR count). The topological polar surface area (TPSA) is 48.4 Å². The number of aryl methyl sites for hydroxylation is 2. The van der Waals surface area contributed by atoms with Gasteiger partial charge in [-0.2, -0.15) is 0 Å². The van der Waals surface area contributed by atoms with Gasteiger partial charge < -0.3 is 14.9 Å². The second kappa shape index (κ2) is 5.27. The first-order chi connectivity index (χ1) is 8.61. The largest absolute Gasteiger partial charge is 0.485 e. The number of rotatable bonds is 4. The van der Waals surface area contributed by atoms with Gasteiger partial charge in [-0.15, -0.1) is 0 Å². The van der Waals surface area contributed by atoms with Crippen molar-refractivity contribution >= 4 is 0 Å². The van der Waals surface area contributed by atoms with Crippen molar-refractivity contribution in [1.29, 1.82) is 0 Å². The fraction of sp³-hybridized carbons (Fsp3) is 0.333. The Balaban J connectivity index is 2.16. The van der Waals surface area contributed by atoms with Crippen molar-refractivity contribution in [3.05, 3.63) is 52.5 Å². The van der Waals surface area contributed by atoms with Gasteiger partial charge in [0.15, 0.2) is 0 Å². The van der Waals surface area contributed by atoms with Gasteiger partial charge in [-0.1, -0.05) is 6.07 Å². The van der Waals surface area contributed by atoms with Crippen LogP contribution in [0.4, 0.5) is 0 Å². The Morgan fingerprint density at radius 1 is 1.22 bits per heavy atom. The van der Waals surface area contributed by atoms with Crippen molar-refractivity contribution < 1.29 is 9.15 Å². The van der Waals surface area contributed by atoms with Gasteiger partial charge in [-0.05, 0) is 49.6 Å². The lowest BCUT2D eigenvalue weighted by atomic mass is 10.1. The zero-order valence-electron chi connectivity index (χ0n) is 11.1. The molecule has 0 amide bonds. The van der Waals surface area contributed by atoms with Crippen molar-refractivity contribution in [2.75, 3.05) is 0 Å². The first kappa shape index (κ1) is 12.7. The number of hydrogen-bond acceptors (Lipinski definition) is 3. The van der Waals surface area contributed by atoms with Crippen LogP contribution in [-0.4, -0.2) is 0 Å². The van der Waals surface area contributed by atoms with E-state index in [0.29, 0.717) is 13.2 Å². The standard InChI is InChI=1S/C15H19NO2/c1-10-6-11(2)12(3)14(7-10)18-9-15-13(8-16)4-5-17-15/h4-7H,8-9,16H2,1-3H3. The molecule has 0 fully saturated rings. The number of furan rings is 1. The third kappa shape index (κ3) is 2.57. The maximum atomic E-state index is 5.84. The molecule has 96 valence electrons. The normalized spacial score (nSPS) is 10.7. The van der Waals surface area contributed by atoms with Crippen LogP contribution >= 0.6 is 0 Å². The Kier molecular flexibility index (Phi) is 3.72. The molecule has 0 aliphatic carbocycles. The highest BCUT2D eigenvalue weighted by molar-refractivity contribution is 5.42. The molecule has 3 nitrogen and oxygen atoms in total. The van der Waals surface area contributed by atoms with Crippen molar-refractivity contribution in [2.24, 2.45) is 5.73 Å². The molecule has 0 saturated heterocycles. The molecule has 0 aliphatic heterocycles. The summed E-state index contributed by atoms with van der Waals surface area (Å²) in [5, 5.41) is 0. The summed E-state index contributed by atoms with van der Waals surface area (Å²) < 4.78 is 11.2. The molecule has 0 radical (unpaired) electrons. The maximum absolute atomic E-state index is 5.84. The Hall–Kier alpha value is -1.74. The van der Waals surface area contributed by atoms with Gasteiger partial charge in [0.25, 0.3) is 0 Å². The summed E-state index contributed by atoms with van der Waals surface area (Å²) in [6.45, 7) is 7.12. The highest BCUT2D eigenvalue weighted by Gasteiger charge is 2.08. The first-order valence-electron chi connectivity index (χ1n) is 6.07. The SMILES string of the molecule is Cc1cc(C)c(C)c(OCc2occc2CN)c1. The number of nitrogens with two attached hydrogens (primary N) is 1. The smallest absolute Gasteiger partial charge is 0.146 e. The van der Waals surface area contributed by atoms with E-state index in [0.717, 1.165) is 17.1 Å². The van der Waals surface area contributed by atoms with E-state index in [2.05, 4.69) is 26.8 Å². The maximum Gasteiger partial charge on any atom is 0.146 e. The minimum absolute atomic E-state index is 0.420. The summed E-state index contributed by atoms with van der Waals surface area (Å²) >= 11 is 0. The molecule has 0 aliphatic rings. The minimum Gasteiger partial charge on any atom is -0.485 e. The van der Waals surface area contributed by atoms with Gasteiger partial charge in [-0.25, -0.2) is 0 Å². The third-order valence-corrected chi connectivity index (χ3v) is 3.18. The molecule has 1 aromatic heterocycles. The second-order valence-corrected chi connectivity index (χ2v) is 4.57. The molecule has 2 N–H and O–H groups in total. The molecule has 0 atom stereocenters. The van der Waals surface area contributed by atoms with Crippen molar-refractivity contribution in [1.82, 2.24) is 0 Å². The highest BCUT2D eigenvalue weighted by Crippen LogP contribution is 2.24. The van der Waals surface area contributed by atoms with E-state index in [4.69, 9.17) is 14.9 Å². The average Bonchev–Trinajstić information content (AvgIpc) is 2.79. The summed E-state index contributed by atoms with van der Waals surface area (Å²) in [5.74, 6) is 1.71. The van der Waals surface area contributed by atoms with Crippen LogP contribution in [0.5, 0.6) is 5.75 Å². The fourth-order valence-corrected chi connectivity index (χ4v) is 1.97.